The zero-order valence-corrected chi connectivity index (χ0v) is 21.1. The first-order chi connectivity index (χ1) is 13.9. The summed E-state index contributed by atoms with van der Waals surface area (Å²) >= 11 is 0. The molecule has 0 aliphatic rings. The van der Waals surface area contributed by atoms with E-state index in [1.807, 2.05) is 30.3 Å². The molecular weight excluding hydrogens is 493 g/mol. The summed E-state index contributed by atoms with van der Waals surface area (Å²) in [6.07, 6.45) is 0.848. The van der Waals surface area contributed by atoms with E-state index in [-0.39, 0.29) is 29.4 Å². The van der Waals surface area contributed by atoms with Crippen LogP contribution >= 0.6 is 24.0 Å². The van der Waals surface area contributed by atoms with Crippen molar-refractivity contribution in [2.45, 2.75) is 25.7 Å². The summed E-state index contributed by atoms with van der Waals surface area (Å²) < 4.78 is 16.0. The van der Waals surface area contributed by atoms with Crippen molar-refractivity contribution in [2.75, 3.05) is 41.5 Å². The van der Waals surface area contributed by atoms with Gasteiger partial charge in [0.05, 0.1) is 21.3 Å². The third kappa shape index (κ3) is 7.27. The zero-order valence-electron chi connectivity index (χ0n) is 18.7. The standard InChI is InChI=1S/C23H33N3O3.HI/c1-23(2,18-8-7-9-19(15-18)27-4)16-26-22(24-3)25-13-12-17-10-11-20(28-5)21(14-17)29-6;/h7-11,14-15H,12-13,16H2,1-6H3,(H2,24,25,26);1H. The molecule has 30 heavy (non-hydrogen) atoms. The molecule has 0 aliphatic carbocycles. The van der Waals surface area contributed by atoms with Crippen molar-refractivity contribution in [3.63, 3.8) is 0 Å². The number of guanidine groups is 1. The second-order valence-corrected chi connectivity index (χ2v) is 7.41. The Labute approximate surface area is 197 Å². The third-order valence-corrected chi connectivity index (χ3v) is 4.93. The number of aliphatic imine (C=N–C) groups is 1. The lowest BCUT2D eigenvalue weighted by Gasteiger charge is -2.27. The molecular formula is C23H34IN3O3. The van der Waals surface area contributed by atoms with E-state index < -0.39 is 0 Å². The Hall–Kier alpha value is -2.16. The topological polar surface area (TPSA) is 64.1 Å². The van der Waals surface area contributed by atoms with E-state index in [0.717, 1.165) is 42.7 Å². The van der Waals surface area contributed by atoms with Gasteiger partial charge in [0.15, 0.2) is 17.5 Å². The van der Waals surface area contributed by atoms with Crippen molar-refractivity contribution in [3.05, 3.63) is 53.6 Å². The fourth-order valence-corrected chi connectivity index (χ4v) is 3.03. The van der Waals surface area contributed by atoms with Crippen LogP contribution in [0.25, 0.3) is 0 Å². The fraction of sp³-hybridized carbons (Fsp3) is 0.435. The van der Waals surface area contributed by atoms with Gasteiger partial charge in [-0.25, -0.2) is 0 Å². The minimum absolute atomic E-state index is 0. The van der Waals surface area contributed by atoms with Crippen LogP contribution in [0.3, 0.4) is 0 Å². The van der Waals surface area contributed by atoms with Gasteiger partial charge in [-0.2, -0.15) is 0 Å². The van der Waals surface area contributed by atoms with Crippen LogP contribution in [0.15, 0.2) is 47.5 Å². The number of hydrogen-bond acceptors (Lipinski definition) is 4. The summed E-state index contributed by atoms with van der Waals surface area (Å²) in [5.74, 6) is 3.13. The maximum Gasteiger partial charge on any atom is 0.191 e. The van der Waals surface area contributed by atoms with Gasteiger partial charge in [0, 0.05) is 25.6 Å². The molecule has 7 heteroatoms. The first-order valence-corrected chi connectivity index (χ1v) is 9.73. The summed E-state index contributed by atoms with van der Waals surface area (Å²) in [5.41, 5.74) is 2.31. The van der Waals surface area contributed by atoms with Crippen LogP contribution in [0.2, 0.25) is 0 Å². The quantitative estimate of drug-likeness (QED) is 0.293. The Bertz CT molecular complexity index is 825. The third-order valence-electron chi connectivity index (χ3n) is 4.93. The van der Waals surface area contributed by atoms with Crippen LogP contribution in [-0.4, -0.2) is 47.4 Å². The lowest BCUT2D eigenvalue weighted by atomic mass is 9.84. The Morgan fingerprint density at radius 2 is 1.67 bits per heavy atom. The molecule has 2 rings (SSSR count). The summed E-state index contributed by atoms with van der Waals surface area (Å²) in [5, 5.41) is 6.80. The first-order valence-electron chi connectivity index (χ1n) is 9.73. The number of nitrogens with one attached hydrogen (secondary N) is 2. The Balaban J connectivity index is 0.00000450. The van der Waals surface area contributed by atoms with Crippen LogP contribution in [0.1, 0.15) is 25.0 Å². The molecule has 2 aromatic rings. The van der Waals surface area contributed by atoms with E-state index in [1.165, 1.54) is 11.1 Å². The average molecular weight is 527 g/mol. The van der Waals surface area contributed by atoms with Gasteiger partial charge in [-0.3, -0.25) is 4.99 Å². The number of methoxy groups -OCH3 is 3. The molecule has 6 nitrogen and oxygen atoms in total. The Kier molecular flexibility index (Phi) is 10.8. The Morgan fingerprint density at radius 3 is 2.30 bits per heavy atom. The molecule has 0 bridgehead atoms. The second kappa shape index (κ2) is 12.5. The van der Waals surface area contributed by atoms with E-state index in [4.69, 9.17) is 14.2 Å². The molecule has 0 saturated heterocycles. The second-order valence-electron chi connectivity index (χ2n) is 7.41. The molecule has 0 fully saturated rings. The van der Waals surface area contributed by atoms with E-state index in [2.05, 4.69) is 41.6 Å². The van der Waals surface area contributed by atoms with Gasteiger partial charge in [0.1, 0.15) is 5.75 Å². The minimum atomic E-state index is -0.0739. The summed E-state index contributed by atoms with van der Waals surface area (Å²) in [6, 6.07) is 14.2. The molecule has 0 radical (unpaired) electrons. The smallest absolute Gasteiger partial charge is 0.191 e. The van der Waals surface area contributed by atoms with Crippen molar-refractivity contribution >= 4 is 29.9 Å². The van der Waals surface area contributed by atoms with Crippen LogP contribution in [0.5, 0.6) is 17.2 Å². The molecule has 0 saturated carbocycles. The SMILES string of the molecule is CN=C(NCCc1ccc(OC)c(OC)c1)NCC(C)(C)c1cccc(OC)c1.I. The molecule has 0 unspecified atom stereocenters. The molecule has 0 spiro atoms. The molecule has 0 aromatic heterocycles. The number of rotatable bonds is 9. The van der Waals surface area contributed by atoms with Crippen LogP contribution < -0.4 is 24.8 Å². The molecule has 166 valence electrons. The van der Waals surface area contributed by atoms with Gasteiger partial charge in [-0.1, -0.05) is 32.0 Å². The zero-order chi connectivity index (χ0) is 21.3. The minimum Gasteiger partial charge on any atom is -0.497 e. The summed E-state index contributed by atoms with van der Waals surface area (Å²) in [4.78, 5) is 4.34. The lowest BCUT2D eigenvalue weighted by molar-refractivity contribution is 0.354. The fourth-order valence-electron chi connectivity index (χ4n) is 3.03. The highest BCUT2D eigenvalue weighted by molar-refractivity contribution is 14.0. The van der Waals surface area contributed by atoms with Gasteiger partial charge in [-0.15, -0.1) is 24.0 Å². The maximum absolute atomic E-state index is 5.37. The molecule has 0 amide bonds. The van der Waals surface area contributed by atoms with Crippen molar-refractivity contribution in [2.24, 2.45) is 4.99 Å². The summed E-state index contributed by atoms with van der Waals surface area (Å²) in [7, 11) is 6.76. The van der Waals surface area contributed by atoms with Crippen LogP contribution in [0.4, 0.5) is 0 Å². The van der Waals surface area contributed by atoms with Crippen molar-refractivity contribution in [1.82, 2.24) is 10.6 Å². The predicted octanol–water partition coefficient (Wildman–Crippen LogP) is 4.02. The van der Waals surface area contributed by atoms with Crippen LogP contribution in [-0.2, 0) is 11.8 Å². The maximum atomic E-state index is 5.37. The number of hydrogen-bond donors (Lipinski definition) is 2. The van der Waals surface area contributed by atoms with E-state index in [0.29, 0.717) is 0 Å². The molecule has 2 aromatic carbocycles. The van der Waals surface area contributed by atoms with Crippen molar-refractivity contribution in [1.29, 1.82) is 0 Å². The van der Waals surface area contributed by atoms with Gasteiger partial charge >= 0.3 is 0 Å². The van der Waals surface area contributed by atoms with E-state index in [9.17, 15) is 0 Å². The normalized spacial score (nSPS) is 11.3. The van der Waals surface area contributed by atoms with Gasteiger partial charge < -0.3 is 24.8 Å². The molecule has 0 aliphatic heterocycles. The lowest BCUT2D eigenvalue weighted by Crippen LogP contribution is -2.44. The van der Waals surface area contributed by atoms with E-state index >= 15 is 0 Å². The number of nitrogens with zero attached hydrogens (tertiary/aromatic N) is 1. The van der Waals surface area contributed by atoms with E-state index in [1.54, 1.807) is 28.4 Å². The Morgan fingerprint density at radius 1 is 0.933 bits per heavy atom. The van der Waals surface area contributed by atoms with Crippen molar-refractivity contribution < 1.29 is 14.2 Å². The summed E-state index contributed by atoms with van der Waals surface area (Å²) in [6.45, 7) is 5.91. The van der Waals surface area contributed by atoms with Gasteiger partial charge in [-0.05, 0) is 41.8 Å². The number of halogens is 1. The van der Waals surface area contributed by atoms with Crippen molar-refractivity contribution in [3.8, 4) is 17.2 Å². The van der Waals surface area contributed by atoms with Gasteiger partial charge in [0.25, 0.3) is 0 Å². The largest absolute Gasteiger partial charge is 0.497 e. The predicted molar refractivity (Wildman–Crippen MR) is 134 cm³/mol. The highest BCUT2D eigenvalue weighted by atomic mass is 127. The monoisotopic (exact) mass is 527 g/mol. The number of benzene rings is 2. The average Bonchev–Trinajstić information content (AvgIpc) is 2.75. The molecule has 0 heterocycles. The highest BCUT2D eigenvalue weighted by Gasteiger charge is 2.21. The van der Waals surface area contributed by atoms with Crippen LogP contribution in [0, 0.1) is 0 Å². The molecule has 0 atom stereocenters. The molecule has 2 N–H and O–H groups in total. The highest BCUT2D eigenvalue weighted by Crippen LogP contribution is 2.28. The first kappa shape index (κ1) is 25.9. The number of ether oxygens (including phenoxy) is 3. The van der Waals surface area contributed by atoms with Gasteiger partial charge in [0.2, 0.25) is 0 Å².